The van der Waals surface area contributed by atoms with Crippen molar-refractivity contribution >= 4 is 23.7 Å². The highest BCUT2D eigenvalue weighted by molar-refractivity contribution is 6.18. The predicted molar refractivity (Wildman–Crippen MR) is 106 cm³/mol. The minimum atomic E-state index is -0.243. The number of carbonyl (C=O) groups is 1. The number of amides is 1. The second-order valence-corrected chi connectivity index (χ2v) is 5.87. The van der Waals surface area contributed by atoms with E-state index in [1.165, 1.54) is 0 Å². The summed E-state index contributed by atoms with van der Waals surface area (Å²) < 4.78 is 11.5. The van der Waals surface area contributed by atoms with Gasteiger partial charge in [0.2, 0.25) is 0 Å². The Morgan fingerprint density at radius 3 is 2.93 bits per heavy atom. The zero-order valence-corrected chi connectivity index (χ0v) is 15.4. The average Bonchev–Trinajstić information content (AvgIpc) is 3.19. The van der Waals surface area contributed by atoms with Crippen molar-refractivity contribution in [2.24, 2.45) is 4.99 Å². The van der Waals surface area contributed by atoms with Crippen LogP contribution in [-0.2, 0) is 9.53 Å². The quantitative estimate of drug-likeness (QED) is 0.751. The molecule has 0 spiro atoms. The number of pyridine rings is 1. The fourth-order valence-electron chi connectivity index (χ4n) is 2.64. The Kier molecular flexibility index (Phi) is 5.66. The van der Waals surface area contributed by atoms with E-state index in [0.29, 0.717) is 41.8 Å². The number of hydrogen-bond acceptors (Lipinski definition) is 5. The average molecular weight is 363 g/mol. The summed E-state index contributed by atoms with van der Waals surface area (Å²) in [6.45, 7) is 8.91. The standard InChI is InChI=1S/C21H21N3O3/c1-4-26-15(3)18-6-5-7-19(14(18)2)27-17-9-11-23-20(12-17)24-21(25)16-8-10-22-13-16/h5-9,11-13H,3-4,10H2,1-2H3,(H,23,24,25). The summed E-state index contributed by atoms with van der Waals surface area (Å²) >= 11 is 0. The van der Waals surface area contributed by atoms with Crippen molar-refractivity contribution in [3.8, 4) is 11.5 Å². The Morgan fingerprint density at radius 2 is 2.19 bits per heavy atom. The highest BCUT2D eigenvalue weighted by Crippen LogP contribution is 2.31. The first kappa shape index (κ1) is 18.4. The second kappa shape index (κ2) is 8.31. The zero-order chi connectivity index (χ0) is 19.2. The van der Waals surface area contributed by atoms with Crippen molar-refractivity contribution in [3.05, 3.63) is 65.9 Å². The smallest absolute Gasteiger partial charge is 0.258 e. The Labute approximate surface area is 158 Å². The largest absolute Gasteiger partial charge is 0.494 e. The predicted octanol–water partition coefficient (Wildman–Crippen LogP) is 4.14. The van der Waals surface area contributed by atoms with E-state index in [4.69, 9.17) is 9.47 Å². The van der Waals surface area contributed by atoms with Gasteiger partial charge >= 0.3 is 0 Å². The van der Waals surface area contributed by atoms with E-state index in [9.17, 15) is 4.79 Å². The first-order chi connectivity index (χ1) is 13.1. The van der Waals surface area contributed by atoms with Gasteiger partial charge in [0.15, 0.2) is 0 Å². The molecule has 2 heterocycles. The van der Waals surface area contributed by atoms with Crippen molar-refractivity contribution in [2.75, 3.05) is 18.5 Å². The van der Waals surface area contributed by atoms with Crippen LogP contribution in [0, 0.1) is 6.92 Å². The van der Waals surface area contributed by atoms with E-state index in [1.54, 1.807) is 30.6 Å². The molecule has 0 atom stereocenters. The van der Waals surface area contributed by atoms with Crippen LogP contribution >= 0.6 is 0 Å². The molecule has 6 heteroatoms. The van der Waals surface area contributed by atoms with E-state index < -0.39 is 0 Å². The van der Waals surface area contributed by atoms with Gasteiger partial charge in [-0.2, -0.15) is 0 Å². The normalized spacial score (nSPS) is 12.4. The van der Waals surface area contributed by atoms with E-state index in [1.807, 2.05) is 32.0 Å². The summed E-state index contributed by atoms with van der Waals surface area (Å²) in [6, 6.07) is 9.10. The molecular weight excluding hydrogens is 342 g/mol. The number of carbonyl (C=O) groups excluding carboxylic acids is 1. The van der Waals surface area contributed by atoms with Crippen LogP contribution < -0.4 is 10.1 Å². The van der Waals surface area contributed by atoms with Crippen LogP contribution in [0.2, 0.25) is 0 Å². The number of aliphatic imine (C=N–C) groups is 1. The monoisotopic (exact) mass is 363 g/mol. The van der Waals surface area contributed by atoms with Gasteiger partial charge in [-0.05, 0) is 32.1 Å². The minimum Gasteiger partial charge on any atom is -0.494 e. The molecule has 0 bridgehead atoms. The molecule has 138 valence electrons. The molecule has 0 aliphatic carbocycles. The molecule has 2 aromatic rings. The molecule has 1 aromatic heterocycles. The molecule has 27 heavy (non-hydrogen) atoms. The van der Waals surface area contributed by atoms with Gasteiger partial charge in [-0.25, -0.2) is 4.98 Å². The second-order valence-electron chi connectivity index (χ2n) is 5.87. The number of anilines is 1. The third-order valence-corrected chi connectivity index (χ3v) is 4.01. The molecule has 6 nitrogen and oxygen atoms in total. The van der Waals surface area contributed by atoms with Gasteiger partial charge in [-0.3, -0.25) is 9.79 Å². The van der Waals surface area contributed by atoms with Crippen LogP contribution in [0.5, 0.6) is 11.5 Å². The summed E-state index contributed by atoms with van der Waals surface area (Å²) in [4.78, 5) is 20.3. The van der Waals surface area contributed by atoms with Crippen molar-refractivity contribution in [1.82, 2.24) is 4.98 Å². The van der Waals surface area contributed by atoms with E-state index in [-0.39, 0.29) is 5.91 Å². The Morgan fingerprint density at radius 1 is 1.33 bits per heavy atom. The molecule has 1 amide bonds. The lowest BCUT2D eigenvalue weighted by Crippen LogP contribution is -2.15. The minimum absolute atomic E-state index is 0.243. The van der Waals surface area contributed by atoms with Gasteiger partial charge in [0, 0.05) is 29.6 Å². The van der Waals surface area contributed by atoms with E-state index >= 15 is 0 Å². The molecule has 1 N–H and O–H groups in total. The van der Waals surface area contributed by atoms with Gasteiger partial charge < -0.3 is 14.8 Å². The lowest BCUT2D eigenvalue weighted by Gasteiger charge is -2.14. The fourth-order valence-corrected chi connectivity index (χ4v) is 2.64. The van der Waals surface area contributed by atoms with Crippen molar-refractivity contribution in [2.45, 2.75) is 13.8 Å². The van der Waals surface area contributed by atoms with E-state index in [2.05, 4.69) is 21.9 Å². The van der Waals surface area contributed by atoms with Crippen LogP contribution in [0.25, 0.3) is 5.76 Å². The van der Waals surface area contributed by atoms with Gasteiger partial charge in [0.1, 0.15) is 23.1 Å². The molecule has 0 unspecified atom stereocenters. The van der Waals surface area contributed by atoms with Crippen molar-refractivity contribution in [1.29, 1.82) is 0 Å². The molecular formula is C21H21N3O3. The maximum absolute atomic E-state index is 12.1. The Bertz CT molecular complexity index is 932. The van der Waals surface area contributed by atoms with Gasteiger partial charge in [-0.1, -0.05) is 18.7 Å². The third kappa shape index (κ3) is 4.41. The van der Waals surface area contributed by atoms with Crippen LogP contribution in [0.3, 0.4) is 0 Å². The van der Waals surface area contributed by atoms with Crippen LogP contribution in [-0.4, -0.2) is 30.3 Å². The van der Waals surface area contributed by atoms with Gasteiger partial charge in [-0.15, -0.1) is 0 Å². The summed E-state index contributed by atoms with van der Waals surface area (Å²) in [7, 11) is 0. The molecule has 0 fully saturated rings. The molecule has 3 rings (SSSR count). The lowest BCUT2D eigenvalue weighted by molar-refractivity contribution is -0.112. The summed E-state index contributed by atoms with van der Waals surface area (Å²) in [5, 5.41) is 2.75. The maximum atomic E-state index is 12.1. The van der Waals surface area contributed by atoms with Crippen molar-refractivity contribution < 1.29 is 14.3 Å². The number of ether oxygens (including phenoxy) is 2. The lowest BCUT2D eigenvalue weighted by atomic mass is 10.1. The number of hydrogen-bond donors (Lipinski definition) is 1. The Hall–Kier alpha value is -3.41. The molecule has 1 aromatic carbocycles. The highest BCUT2D eigenvalue weighted by atomic mass is 16.5. The molecule has 0 saturated carbocycles. The summed E-state index contributed by atoms with van der Waals surface area (Å²) in [5.74, 6) is 2.02. The van der Waals surface area contributed by atoms with Gasteiger partial charge in [0.25, 0.3) is 5.91 Å². The number of benzene rings is 1. The van der Waals surface area contributed by atoms with Gasteiger partial charge in [0.05, 0.1) is 18.7 Å². The summed E-state index contributed by atoms with van der Waals surface area (Å²) in [5.41, 5.74) is 2.34. The number of nitrogens with one attached hydrogen (secondary N) is 1. The molecule has 0 saturated heterocycles. The molecule has 1 aliphatic rings. The third-order valence-electron chi connectivity index (χ3n) is 4.01. The number of rotatable bonds is 7. The first-order valence-corrected chi connectivity index (χ1v) is 8.65. The van der Waals surface area contributed by atoms with Crippen LogP contribution in [0.15, 0.2) is 59.7 Å². The number of nitrogens with zero attached hydrogens (tertiary/aromatic N) is 2. The van der Waals surface area contributed by atoms with Crippen molar-refractivity contribution in [3.63, 3.8) is 0 Å². The maximum Gasteiger partial charge on any atom is 0.258 e. The topological polar surface area (TPSA) is 72.8 Å². The fraction of sp³-hybridized carbons (Fsp3) is 0.190. The first-order valence-electron chi connectivity index (χ1n) is 8.65. The van der Waals surface area contributed by atoms with Crippen LogP contribution in [0.4, 0.5) is 5.82 Å². The van der Waals surface area contributed by atoms with Crippen LogP contribution in [0.1, 0.15) is 18.1 Å². The zero-order valence-electron chi connectivity index (χ0n) is 15.4. The SMILES string of the molecule is C=C(OCC)c1cccc(Oc2ccnc(NC(=O)C3=CCN=C3)c2)c1C. The van der Waals surface area contributed by atoms with E-state index in [0.717, 1.165) is 11.1 Å². The Balaban J connectivity index is 1.76. The highest BCUT2D eigenvalue weighted by Gasteiger charge is 2.13. The molecule has 1 aliphatic heterocycles. The molecule has 0 radical (unpaired) electrons. The summed E-state index contributed by atoms with van der Waals surface area (Å²) in [6.07, 6.45) is 4.89. The number of aromatic nitrogens is 1.